The standard InChI is InChI=1S/C10H16N4O/c1-2-14-5-7-8(6-14)12-9(3-4-11)13-10(7)15/h2-6,11H2,1H3,(H,12,13,15). The summed E-state index contributed by atoms with van der Waals surface area (Å²) in [6, 6.07) is 0. The van der Waals surface area contributed by atoms with Gasteiger partial charge in [-0.3, -0.25) is 9.69 Å². The van der Waals surface area contributed by atoms with Gasteiger partial charge in [0.1, 0.15) is 5.82 Å². The van der Waals surface area contributed by atoms with Gasteiger partial charge in [0.15, 0.2) is 0 Å². The van der Waals surface area contributed by atoms with Crippen LogP contribution in [-0.4, -0.2) is 28.0 Å². The molecule has 3 N–H and O–H groups in total. The molecule has 0 radical (unpaired) electrons. The fraction of sp³-hybridized carbons (Fsp3) is 0.600. The topological polar surface area (TPSA) is 75.0 Å². The van der Waals surface area contributed by atoms with Crippen molar-refractivity contribution in [3.8, 4) is 0 Å². The molecule has 0 bridgehead atoms. The number of nitrogens with one attached hydrogen (secondary N) is 1. The van der Waals surface area contributed by atoms with E-state index in [4.69, 9.17) is 5.73 Å². The SMILES string of the molecule is CCN1Cc2nc(CCN)[nH]c(=O)c2C1. The van der Waals surface area contributed by atoms with Crippen molar-refractivity contribution in [2.24, 2.45) is 5.73 Å². The molecule has 82 valence electrons. The molecule has 0 atom stereocenters. The minimum absolute atomic E-state index is 0.000556. The van der Waals surface area contributed by atoms with Gasteiger partial charge in [-0.05, 0) is 13.1 Å². The minimum Gasteiger partial charge on any atom is -0.330 e. The van der Waals surface area contributed by atoms with Crippen LogP contribution in [0.3, 0.4) is 0 Å². The van der Waals surface area contributed by atoms with Gasteiger partial charge < -0.3 is 10.7 Å². The van der Waals surface area contributed by atoms with Crippen LogP contribution in [0.2, 0.25) is 0 Å². The lowest BCUT2D eigenvalue weighted by molar-refractivity contribution is 0.299. The monoisotopic (exact) mass is 208 g/mol. The lowest BCUT2D eigenvalue weighted by atomic mass is 10.2. The van der Waals surface area contributed by atoms with Gasteiger partial charge in [-0.25, -0.2) is 4.98 Å². The number of aromatic nitrogens is 2. The maximum absolute atomic E-state index is 11.7. The molecular weight excluding hydrogens is 192 g/mol. The van der Waals surface area contributed by atoms with Crippen molar-refractivity contribution in [2.75, 3.05) is 13.1 Å². The van der Waals surface area contributed by atoms with Crippen LogP contribution in [0.25, 0.3) is 0 Å². The molecule has 1 aliphatic rings. The number of H-pyrrole nitrogens is 1. The average molecular weight is 208 g/mol. The Morgan fingerprint density at radius 2 is 2.33 bits per heavy atom. The Hall–Kier alpha value is -1.20. The molecule has 1 aromatic rings. The summed E-state index contributed by atoms with van der Waals surface area (Å²) in [6.07, 6.45) is 0.634. The molecule has 0 aromatic carbocycles. The van der Waals surface area contributed by atoms with E-state index in [1.54, 1.807) is 0 Å². The first-order valence-electron chi connectivity index (χ1n) is 5.28. The second-order valence-corrected chi connectivity index (χ2v) is 3.78. The number of nitrogens with two attached hydrogens (primary N) is 1. The van der Waals surface area contributed by atoms with Crippen LogP contribution in [0.15, 0.2) is 4.79 Å². The van der Waals surface area contributed by atoms with Gasteiger partial charge in [0.05, 0.1) is 11.3 Å². The maximum atomic E-state index is 11.7. The van der Waals surface area contributed by atoms with E-state index in [0.717, 1.165) is 30.9 Å². The van der Waals surface area contributed by atoms with Crippen LogP contribution >= 0.6 is 0 Å². The van der Waals surface area contributed by atoms with Gasteiger partial charge in [-0.2, -0.15) is 0 Å². The van der Waals surface area contributed by atoms with Crippen LogP contribution in [0, 0.1) is 0 Å². The highest BCUT2D eigenvalue weighted by Crippen LogP contribution is 2.16. The Morgan fingerprint density at radius 3 is 3.00 bits per heavy atom. The molecule has 0 unspecified atom stereocenters. The van der Waals surface area contributed by atoms with Gasteiger partial charge in [0, 0.05) is 19.5 Å². The lowest BCUT2D eigenvalue weighted by Crippen LogP contribution is -2.19. The van der Waals surface area contributed by atoms with Crippen molar-refractivity contribution in [3.63, 3.8) is 0 Å². The second-order valence-electron chi connectivity index (χ2n) is 3.78. The maximum Gasteiger partial charge on any atom is 0.255 e. The molecule has 0 saturated carbocycles. The zero-order chi connectivity index (χ0) is 10.8. The Morgan fingerprint density at radius 1 is 1.53 bits per heavy atom. The normalized spacial score (nSPS) is 15.6. The van der Waals surface area contributed by atoms with E-state index in [1.807, 2.05) is 0 Å². The van der Waals surface area contributed by atoms with Crippen LogP contribution < -0.4 is 11.3 Å². The summed E-state index contributed by atoms with van der Waals surface area (Å²) in [5.74, 6) is 0.708. The summed E-state index contributed by atoms with van der Waals surface area (Å²) < 4.78 is 0. The number of rotatable bonds is 3. The number of aromatic amines is 1. The predicted octanol–water partition coefficient (Wildman–Crippen LogP) is -0.393. The molecule has 5 heteroatoms. The lowest BCUT2D eigenvalue weighted by Gasteiger charge is -2.08. The third-order valence-electron chi connectivity index (χ3n) is 2.73. The molecule has 0 fully saturated rings. The highest BCUT2D eigenvalue weighted by Gasteiger charge is 2.22. The van der Waals surface area contributed by atoms with Crippen molar-refractivity contribution >= 4 is 0 Å². The molecule has 1 aromatic heterocycles. The highest BCUT2D eigenvalue weighted by molar-refractivity contribution is 5.22. The molecule has 0 aliphatic carbocycles. The summed E-state index contributed by atoms with van der Waals surface area (Å²) in [7, 11) is 0. The minimum atomic E-state index is -0.000556. The van der Waals surface area contributed by atoms with Gasteiger partial charge >= 0.3 is 0 Å². The number of hydrogen-bond donors (Lipinski definition) is 2. The smallest absolute Gasteiger partial charge is 0.255 e. The summed E-state index contributed by atoms with van der Waals surface area (Å²) in [6.45, 7) is 5.05. The largest absolute Gasteiger partial charge is 0.330 e. The Labute approximate surface area is 88.3 Å². The summed E-state index contributed by atoms with van der Waals surface area (Å²) >= 11 is 0. The quantitative estimate of drug-likeness (QED) is 0.709. The van der Waals surface area contributed by atoms with E-state index < -0.39 is 0 Å². The summed E-state index contributed by atoms with van der Waals surface area (Å²) in [5.41, 5.74) is 7.17. The van der Waals surface area contributed by atoms with Gasteiger partial charge in [-0.15, -0.1) is 0 Å². The van der Waals surface area contributed by atoms with E-state index in [-0.39, 0.29) is 5.56 Å². The first-order chi connectivity index (χ1) is 7.24. The van der Waals surface area contributed by atoms with E-state index >= 15 is 0 Å². The van der Waals surface area contributed by atoms with Gasteiger partial charge in [0.25, 0.3) is 5.56 Å². The van der Waals surface area contributed by atoms with Crippen molar-refractivity contribution in [1.82, 2.24) is 14.9 Å². The van der Waals surface area contributed by atoms with E-state index in [1.165, 1.54) is 0 Å². The zero-order valence-corrected chi connectivity index (χ0v) is 8.92. The second kappa shape index (κ2) is 4.12. The summed E-state index contributed by atoms with van der Waals surface area (Å²) in [4.78, 5) is 21.1. The molecule has 5 nitrogen and oxygen atoms in total. The number of fused-ring (bicyclic) bond motifs is 1. The van der Waals surface area contributed by atoms with E-state index in [0.29, 0.717) is 18.8 Å². The Kier molecular flexibility index (Phi) is 2.83. The van der Waals surface area contributed by atoms with Crippen LogP contribution in [0.5, 0.6) is 0 Å². The van der Waals surface area contributed by atoms with Crippen LogP contribution in [0.1, 0.15) is 24.0 Å². The van der Waals surface area contributed by atoms with Crippen LogP contribution in [0.4, 0.5) is 0 Å². The number of nitrogens with zero attached hydrogens (tertiary/aromatic N) is 2. The van der Waals surface area contributed by atoms with Gasteiger partial charge in [0.2, 0.25) is 0 Å². The predicted molar refractivity (Wildman–Crippen MR) is 57.4 cm³/mol. The first-order valence-corrected chi connectivity index (χ1v) is 5.28. The zero-order valence-electron chi connectivity index (χ0n) is 8.92. The van der Waals surface area contributed by atoms with E-state index in [2.05, 4.69) is 21.8 Å². The fourth-order valence-corrected chi connectivity index (χ4v) is 1.86. The third kappa shape index (κ3) is 1.93. The van der Waals surface area contributed by atoms with Crippen molar-refractivity contribution < 1.29 is 0 Å². The summed E-state index contributed by atoms with van der Waals surface area (Å²) in [5, 5.41) is 0. The molecule has 15 heavy (non-hydrogen) atoms. The molecular formula is C10H16N4O. The van der Waals surface area contributed by atoms with Crippen molar-refractivity contribution in [2.45, 2.75) is 26.4 Å². The third-order valence-corrected chi connectivity index (χ3v) is 2.73. The first kappa shape index (κ1) is 10.3. The van der Waals surface area contributed by atoms with E-state index in [9.17, 15) is 4.79 Å². The Bertz CT molecular complexity index is 412. The fourth-order valence-electron chi connectivity index (χ4n) is 1.86. The van der Waals surface area contributed by atoms with Crippen molar-refractivity contribution in [3.05, 3.63) is 27.4 Å². The van der Waals surface area contributed by atoms with Crippen LogP contribution in [-0.2, 0) is 19.5 Å². The molecule has 1 aliphatic heterocycles. The Balaban J connectivity index is 2.34. The molecule has 2 heterocycles. The molecule has 2 rings (SSSR count). The highest BCUT2D eigenvalue weighted by atomic mass is 16.1. The van der Waals surface area contributed by atoms with Gasteiger partial charge in [-0.1, -0.05) is 6.92 Å². The molecule has 0 amide bonds. The average Bonchev–Trinajstić information content (AvgIpc) is 2.62. The van der Waals surface area contributed by atoms with Crippen molar-refractivity contribution in [1.29, 1.82) is 0 Å². The molecule has 0 spiro atoms. The molecule has 0 saturated heterocycles. The number of hydrogen-bond acceptors (Lipinski definition) is 4.